The number of hydrogen-bond donors (Lipinski definition) is 2. The molecule has 1 unspecified atom stereocenters. The van der Waals surface area contributed by atoms with Crippen LogP contribution in [-0.2, 0) is 9.63 Å². The van der Waals surface area contributed by atoms with Crippen molar-refractivity contribution in [3.05, 3.63) is 53.6 Å². The smallest absolute Gasteiger partial charge is 0.387 e. The lowest BCUT2D eigenvalue weighted by atomic mass is 10.1. The molecule has 160 valence electrons. The molecule has 0 aliphatic heterocycles. The molecule has 3 N–H and O–H groups in total. The van der Waals surface area contributed by atoms with Crippen molar-refractivity contribution in [2.45, 2.75) is 26.6 Å². The zero-order valence-electron chi connectivity index (χ0n) is 16.5. The zero-order chi connectivity index (χ0) is 22.3. The SMILES string of the molecule is COc1cc(/C(N)=N/OC(C)C(=O)Nc2ccc(C(C)=O)cc2)ccc1OC(F)F. The Kier molecular flexibility index (Phi) is 7.68. The Labute approximate surface area is 171 Å². The molecule has 0 saturated heterocycles. The standard InChI is InChI=1S/C20H21F2N3O5/c1-11(26)13-4-7-15(8-5-13)24-19(27)12(2)30-25-18(23)14-6-9-16(29-20(21)22)17(10-14)28-3/h4-10,12,20H,1-3H3,(H2,23,25)(H,24,27). The number of methoxy groups -OCH3 is 1. The van der Waals surface area contributed by atoms with Crippen LogP contribution in [0.2, 0.25) is 0 Å². The van der Waals surface area contributed by atoms with Crippen molar-refractivity contribution in [3.63, 3.8) is 0 Å². The van der Waals surface area contributed by atoms with Crippen molar-refractivity contribution < 1.29 is 32.7 Å². The monoisotopic (exact) mass is 421 g/mol. The van der Waals surface area contributed by atoms with E-state index in [2.05, 4.69) is 15.2 Å². The maximum atomic E-state index is 12.4. The number of halogens is 2. The van der Waals surface area contributed by atoms with E-state index >= 15 is 0 Å². The molecule has 0 aliphatic carbocycles. The van der Waals surface area contributed by atoms with E-state index < -0.39 is 18.6 Å². The predicted octanol–water partition coefficient (Wildman–Crippen LogP) is 3.16. The molecule has 0 heterocycles. The second kappa shape index (κ2) is 10.2. The first-order valence-corrected chi connectivity index (χ1v) is 8.75. The summed E-state index contributed by atoms with van der Waals surface area (Å²) in [7, 11) is 1.29. The van der Waals surface area contributed by atoms with Gasteiger partial charge in [-0.2, -0.15) is 8.78 Å². The summed E-state index contributed by atoms with van der Waals surface area (Å²) in [6.07, 6.45) is -0.987. The topological polar surface area (TPSA) is 112 Å². The number of nitrogens with zero attached hydrogens (tertiary/aromatic N) is 1. The van der Waals surface area contributed by atoms with Gasteiger partial charge in [0.25, 0.3) is 5.91 Å². The van der Waals surface area contributed by atoms with Crippen LogP contribution in [0.25, 0.3) is 0 Å². The van der Waals surface area contributed by atoms with Gasteiger partial charge in [0.2, 0.25) is 6.10 Å². The highest BCUT2D eigenvalue weighted by Gasteiger charge is 2.16. The van der Waals surface area contributed by atoms with Crippen LogP contribution in [0, 0.1) is 0 Å². The van der Waals surface area contributed by atoms with Crippen LogP contribution in [-0.4, -0.2) is 37.4 Å². The molecule has 0 radical (unpaired) electrons. The number of Topliss-reactive ketones (excluding diaryl/α,β-unsaturated/α-hetero) is 1. The number of amides is 1. The third-order valence-electron chi connectivity index (χ3n) is 3.91. The lowest BCUT2D eigenvalue weighted by molar-refractivity contribution is -0.126. The van der Waals surface area contributed by atoms with Gasteiger partial charge in [0.15, 0.2) is 23.1 Å². The molecule has 0 saturated carbocycles. The molecule has 0 bridgehead atoms. The maximum Gasteiger partial charge on any atom is 0.387 e. The molecule has 2 aromatic rings. The molecule has 1 amide bonds. The van der Waals surface area contributed by atoms with Crippen LogP contribution in [0.3, 0.4) is 0 Å². The van der Waals surface area contributed by atoms with Gasteiger partial charge < -0.3 is 25.4 Å². The minimum atomic E-state index is -3.00. The number of alkyl halides is 2. The number of benzene rings is 2. The van der Waals surface area contributed by atoms with Crippen molar-refractivity contribution in [1.29, 1.82) is 0 Å². The van der Waals surface area contributed by atoms with Gasteiger partial charge in [-0.05, 0) is 56.3 Å². The molecule has 8 nitrogen and oxygen atoms in total. The quantitative estimate of drug-likeness (QED) is 0.278. The first-order valence-electron chi connectivity index (χ1n) is 8.75. The zero-order valence-corrected chi connectivity index (χ0v) is 16.5. The molecule has 30 heavy (non-hydrogen) atoms. The van der Waals surface area contributed by atoms with E-state index in [0.717, 1.165) is 0 Å². The Hall–Kier alpha value is -3.69. The van der Waals surface area contributed by atoms with Crippen LogP contribution >= 0.6 is 0 Å². The molecule has 0 spiro atoms. The maximum absolute atomic E-state index is 12.4. The van der Waals surface area contributed by atoms with E-state index in [0.29, 0.717) is 16.8 Å². The van der Waals surface area contributed by atoms with Crippen molar-refractivity contribution in [3.8, 4) is 11.5 Å². The van der Waals surface area contributed by atoms with Gasteiger partial charge in [-0.25, -0.2) is 0 Å². The Bertz CT molecular complexity index is 933. The molecule has 10 heteroatoms. The number of carbonyl (C=O) groups excluding carboxylic acids is 2. The van der Waals surface area contributed by atoms with Crippen LogP contribution in [0.5, 0.6) is 11.5 Å². The molecule has 0 fully saturated rings. The number of nitrogens with two attached hydrogens (primary N) is 1. The minimum Gasteiger partial charge on any atom is -0.493 e. The Balaban J connectivity index is 2.01. The second-order valence-corrected chi connectivity index (χ2v) is 6.09. The van der Waals surface area contributed by atoms with Crippen LogP contribution in [0.15, 0.2) is 47.6 Å². The number of nitrogens with one attached hydrogen (secondary N) is 1. The lowest BCUT2D eigenvalue weighted by Crippen LogP contribution is -2.27. The van der Waals surface area contributed by atoms with Gasteiger partial charge in [0, 0.05) is 16.8 Å². The van der Waals surface area contributed by atoms with E-state index in [1.165, 1.54) is 39.2 Å². The number of hydrogen-bond acceptors (Lipinski definition) is 6. The number of rotatable bonds is 9. The van der Waals surface area contributed by atoms with Gasteiger partial charge in [0.05, 0.1) is 7.11 Å². The number of amidine groups is 1. The van der Waals surface area contributed by atoms with E-state index in [4.69, 9.17) is 15.3 Å². The van der Waals surface area contributed by atoms with Gasteiger partial charge in [-0.1, -0.05) is 5.16 Å². The van der Waals surface area contributed by atoms with E-state index in [9.17, 15) is 18.4 Å². The number of anilines is 1. The average Bonchev–Trinajstić information content (AvgIpc) is 2.71. The average molecular weight is 421 g/mol. The van der Waals surface area contributed by atoms with Gasteiger partial charge in [-0.3, -0.25) is 9.59 Å². The van der Waals surface area contributed by atoms with E-state index in [1.54, 1.807) is 24.3 Å². The number of ether oxygens (including phenoxy) is 2. The number of oxime groups is 1. The highest BCUT2D eigenvalue weighted by Crippen LogP contribution is 2.29. The number of ketones is 1. The summed E-state index contributed by atoms with van der Waals surface area (Å²) >= 11 is 0. The fourth-order valence-electron chi connectivity index (χ4n) is 2.29. The summed E-state index contributed by atoms with van der Waals surface area (Å²) in [4.78, 5) is 28.6. The van der Waals surface area contributed by atoms with E-state index in [1.807, 2.05) is 0 Å². The van der Waals surface area contributed by atoms with Gasteiger partial charge >= 0.3 is 6.61 Å². The molecule has 0 aliphatic rings. The summed E-state index contributed by atoms with van der Waals surface area (Å²) in [6.45, 7) is -0.0889. The lowest BCUT2D eigenvalue weighted by Gasteiger charge is -2.13. The van der Waals surface area contributed by atoms with Crippen molar-refractivity contribution >= 4 is 23.2 Å². The first-order chi connectivity index (χ1) is 14.2. The van der Waals surface area contributed by atoms with Gasteiger partial charge in [-0.15, -0.1) is 0 Å². The van der Waals surface area contributed by atoms with Crippen molar-refractivity contribution in [2.75, 3.05) is 12.4 Å². The fourth-order valence-corrected chi connectivity index (χ4v) is 2.29. The summed E-state index contributed by atoms with van der Waals surface area (Å²) in [5, 5.41) is 6.33. The Morgan fingerprint density at radius 3 is 2.27 bits per heavy atom. The molecule has 1 atom stereocenters. The van der Waals surface area contributed by atoms with Crippen molar-refractivity contribution in [2.24, 2.45) is 10.9 Å². The predicted molar refractivity (Wildman–Crippen MR) is 106 cm³/mol. The summed E-state index contributed by atoms with van der Waals surface area (Å²) in [6, 6.07) is 10.4. The third-order valence-corrected chi connectivity index (χ3v) is 3.91. The van der Waals surface area contributed by atoms with Crippen LogP contribution in [0.4, 0.5) is 14.5 Å². The normalized spacial score (nSPS) is 12.3. The summed E-state index contributed by atoms with van der Waals surface area (Å²) in [5.41, 5.74) is 7.16. The molecular weight excluding hydrogens is 400 g/mol. The number of carbonyl (C=O) groups is 2. The second-order valence-electron chi connectivity index (χ2n) is 6.09. The summed E-state index contributed by atoms with van der Waals surface area (Å²) in [5.74, 6) is -0.790. The van der Waals surface area contributed by atoms with Crippen LogP contribution < -0.4 is 20.5 Å². The Morgan fingerprint density at radius 2 is 1.70 bits per heavy atom. The molecule has 2 aromatic carbocycles. The van der Waals surface area contributed by atoms with Gasteiger partial charge in [0.1, 0.15) is 0 Å². The highest BCUT2D eigenvalue weighted by atomic mass is 19.3. The molecular formula is C20H21F2N3O5. The Morgan fingerprint density at radius 1 is 1.07 bits per heavy atom. The molecule has 2 rings (SSSR count). The highest BCUT2D eigenvalue weighted by molar-refractivity contribution is 5.98. The largest absolute Gasteiger partial charge is 0.493 e. The molecule has 0 aromatic heterocycles. The van der Waals surface area contributed by atoms with Crippen LogP contribution in [0.1, 0.15) is 29.8 Å². The van der Waals surface area contributed by atoms with E-state index in [-0.39, 0.29) is 23.1 Å². The minimum absolute atomic E-state index is 0.0331. The van der Waals surface area contributed by atoms with Crippen molar-refractivity contribution in [1.82, 2.24) is 0 Å². The fraction of sp³-hybridized carbons (Fsp3) is 0.250. The third kappa shape index (κ3) is 6.16. The first kappa shape index (κ1) is 22.6. The summed E-state index contributed by atoms with van der Waals surface area (Å²) < 4.78 is 34.1.